The van der Waals surface area contributed by atoms with Crippen LogP contribution in [-0.2, 0) is 0 Å². The molecule has 58 valence electrons. The van der Waals surface area contributed by atoms with Crippen molar-refractivity contribution in [2.45, 2.75) is 13.8 Å². The minimum absolute atomic E-state index is 0.138. The normalized spacial score (nSPS) is 9.73. The molecule has 1 rings (SSSR count). The van der Waals surface area contributed by atoms with Crippen LogP contribution < -0.4 is 0 Å². The molecular weight excluding hydrogens is 164 g/mol. The molecule has 0 N–H and O–H groups in total. The van der Waals surface area contributed by atoms with E-state index >= 15 is 0 Å². The van der Waals surface area contributed by atoms with Crippen molar-refractivity contribution in [3.05, 3.63) is 22.7 Å². The predicted octanol–water partition coefficient (Wildman–Crippen LogP) is 1.64. The Kier molecular flexibility index (Phi) is 2.19. The monoisotopic (exact) mass is 170 g/mol. The van der Waals surface area contributed by atoms with Gasteiger partial charge in [-0.25, -0.2) is 9.97 Å². The fraction of sp³-hybridized carbons (Fsp3) is 0.286. The van der Waals surface area contributed by atoms with Crippen LogP contribution >= 0.6 is 11.6 Å². The molecule has 0 fully saturated rings. The topological polar surface area (TPSA) is 42.9 Å². The first-order chi connectivity index (χ1) is 5.11. The molecule has 11 heavy (non-hydrogen) atoms. The van der Waals surface area contributed by atoms with E-state index in [1.54, 1.807) is 6.92 Å². The molecule has 0 amide bonds. The summed E-state index contributed by atoms with van der Waals surface area (Å²) in [7, 11) is 0. The lowest BCUT2D eigenvalue weighted by Crippen LogP contribution is -2.00. The van der Waals surface area contributed by atoms with Gasteiger partial charge in [0.2, 0.25) is 0 Å². The van der Waals surface area contributed by atoms with E-state index in [-0.39, 0.29) is 5.78 Å². The number of hydrogen-bond donors (Lipinski definition) is 0. The van der Waals surface area contributed by atoms with Crippen LogP contribution in [0, 0.1) is 6.92 Å². The van der Waals surface area contributed by atoms with Crippen molar-refractivity contribution < 1.29 is 4.79 Å². The van der Waals surface area contributed by atoms with E-state index < -0.39 is 0 Å². The third-order valence-corrected chi connectivity index (χ3v) is 1.47. The summed E-state index contributed by atoms with van der Waals surface area (Å²) in [5.74, 6) is 0.417. The van der Waals surface area contributed by atoms with Gasteiger partial charge in [-0.1, -0.05) is 11.6 Å². The van der Waals surface area contributed by atoms with Gasteiger partial charge in [0.05, 0.1) is 5.02 Å². The molecule has 0 bridgehead atoms. The van der Waals surface area contributed by atoms with Gasteiger partial charge in [0.25, 0.3) is 0 Å². The summed E-state index contributed by atoms with van der Waals surface area (Å²) in [6.07, 6.45) is 1.43. The molecular formula is C7H7ClN2O. The van der Waals surface area contributed by atoms with Crippen LogP contribution in [0.15, 0.2) is 6.20 Å². The quantitative estimate of drug-likeness (QED) is 0.602. The lowest BCUT2D eigenvalue weighted by molar-refractivity contribution is 0.101. The standard InChI is InChI=1S/C7H7ClN2O/c1-4(11)7-6(8)3-9-5(2)10-7/h3H,1-2H3. The molecule has 0 unspecified atom stereocenters. The van der Waals surface area contributed by atoms with Crippen molar-refractivity contribution in [2.24, 2.45) is 0 Å². The van der Waals surface area contributed by atoms with Crippen molar-refractivity contribution in [3.63, 3.8) is 0 Å². The SMILES string of the molecule is CC(=O)c1nc(C)ncc1Cl. The van der Waals surface area contributed by atoms with Gasteiger partial charge in [0.1, 0.15) is 11.5 Å². The predicted molar refractivity (Wildman–Crippen MR) is 41.8 cm³/mol. The summed E-state index contributed by atoms with van der Waals surface area (Å²) in [6, 6.07) is 0. The molecule has 1 heterocycles. The van der Waals surface area contributed by atoms with Crippen LogP contribution in [0.5, 0.6) is 0 Å². The summed E-state index contributed by atoms with van der Waals surface area (Å²) in [4.78, 5) is 18.5. The van der Waals surface area contributed by atoms with Gasteiger partial charge < -0.3 is 0 Å². The van der Waals surface area contributed by atoms with Gasteiger partial charge in [0.15, 0.2) is 5.78 Å². The molecule has 1 aromatic heterocycles. The molecule has 4 heteroatoms. The molecule has 0 aromatic carbocycles. The summed E-state index contributed by atoms with van der Waals surface area (Å²) >= 11 is 5.65. The van der Waals surface area contributed by atoms with Crippen LogP contribution in [0.4, 0.5) is 0 Å². The van der Waals surface area contributed by atoms with Gasteiger partial charge in [-0.2, -0.15) is 0 Å². The molecule has 0 atom stereocenters. The maximum Gasteiger partial charge on any atom is 0.179 e. The van der Waals surface area contributed by atoms with E-state index in [1.165, 1.54) is 13.1 Å². The zero-order valence-electron chi connectivity index (χ0n) is 6.26. The molecule has 0 radical (unpaired) electrons. The number of aromatic nitrogens is 2. The third-order valence-electron chi connectivity index (χ3n) is 1.20. The molecule has 0 aliphatic heterocycles. The highest BCUT2D eigenvalue weighted by molar-refractivity contribution is 6.33. The summed E-state index contributed by atoms with van der Waals surface area (Å²) in [5.41, 5.74) is 0.291. The van der Waals surface area contributed by atoms with Crippen molar-refractivity contribution in [2.75, 3.05) is 0 Å². The fourth-order valence-corrected chi connectivity index (χ4v) is 0.926. The first kappa shape index (κ1) is 8.14. The molecule has 0 aliphatic rings. The average Bonchev–Trinajstić information content (AvgIpc) is 1.94. The Bertz CT molecular complexity index is 298. The number of nitrogens with zero attached hydrogens (tertiary/aromatic N) is 2. The van der Waals surface area contributed by atoms with Crippen molar-refractivity contribution >= 4 is 17.4 Å². The third kappa shape index (κ3) is 1.74. The number of hydrogen-bond acceptors (Lipinski definition) is 3. The molecule has 1 aromatic rings. The number of aryl methyl sites for hydroxylation is 1. The van der Waals surface area contributed by atoms with E-state index in [0.717, 1.165) is 0 Å². The van der Waals surface area contributed by atoms with E-state index in [1.807, 2.05) is 0 Å². The number of halogens is 1. The second-order valence-corrected chi connectivity index (χ2v) is 2.58. The average molecular weight is 171 g/mol. The first-order valence-corrected chi connectivity index (χ1v) is 3.49. The summed E-state index contributed by atoms with van der Waals surface area (Å²) in [5, 5.41) is 0.308. The largest absolute Gasteiger partial charge is 0.293 e. The highest BCUT2D eigenvalue weighted by Gasteiger charge is 2.06. The van der Waals surface area contributed by atoms with Gasteiger partial charge in [0, 0.05) is 13.1 Å². The number of ketones is 1. The van der Waals surface area contributed by atoms with Gasteiger partial charge in [-0.15, -0.1) is 0 Å². The number of carbonyl (C=O) groups excluding carboxylic acids is 1. The maximum absolute atomic E-state index is 10.8. The fourth-order valence-electron chi connectivity index (χ4n) is 0.702. The smallest absolute Gasteiger partial charge is 0.179 e. The van der Waals surface area contributed by atoms with Crippen LogP contribution in [0.2, 0.25) is 5.02 Å². The van der Waals surface area contributed by atoms with E-state index in [0.29, 0.717) is 16.5 Å². The van der Waals surface area contributed by atoms with E-state index in [2.05, 4.69) is 9.97 Å². The molecule has 0 saturated carbocycles. The maximum atomic E-state index is 10.8. The van der Waals surface area contributed by atoms with Gasteiger partial charge in [-0.05, 0) is 6.92 Å². The second-order valence-electron chi connectivity index (χ2n) is 2.17. The Morgan fingerprint density at radius 1 is 1.64 bits per heavy atom. The minimum atomic E-state index is -0.138. The van der Waals surface area contributed by atoms with Gasteiger partial charge in [-0.3, -0.25) is 4.79 Å². The van der Waals surface area contributed by atoms with Crippen LogP contribution in [0.1, 0.15) is 23.2 Å². The Balaban J connectivity index is 3.23. The molecule has 0 aliphatic carbocycles. The Labute approximate surface area is 69.4 Å². The van der Waals surface area contributed by atoms with Crippen molar-refractivity contribution in [3.8, 4) is 0 Å². The Morgan fingerprint density at radius 3 is 2.73 bits per heavy atom. The lowest BCUT2D eigenvalue weighted by atomic mass is 10.3. The highest BCUT2D eigenvalue weighted by Crippen LogP contribution is 2.11. The van der Waals surface area contributed by atoms with E-state index in [4.69, 9.17) is 11.6 Å². The van der Waals surface area contributed by atoms with Crippen LogP contribution in [-0.4, -0.2) is 15.8 Å². The van der Waals surface area contributed by atoms with E-state index in [9.17, 15) is 4.79 Å². The molecule has 0 spiro atoms. The zero-order chi connectivity index (χ0) is 8.43. The minimum Gasteiger partial charge on any atom is -0.293 e. The number of Topliss-reactive ketones (excluding diaryl/α,β-unsaturated/α-hetero) is 1. The van der Waals surface area contributed by atoms with Crippen molar-refractivity contribution in [1.29, 1.82) is 0 Å². The first-order valence-electron chi connectivity index (χ1n) is 3.11. The van der Waals surface area contributed by atoms with Crippen LogP contribution in [0.3, 0.4) is 0 Å². The zero-order valence-corrected chi connectivity index (χ0v) is 7.01. The molecule has 3 nitrogen and oxygen atoms in total. The highest BCUT2D eigenvalue weighted by atomic mass is 35.5. The van der Waals surface area contributed by atoms with Crippen molar-refractivity contribution in [1.82, 2.24) is 9.97 Å². The Morgan fingerprint density at radius 2 is 2.27 bits per heavy atom. The molecule has 0 saturated heterocycles. The second kappa shape index (κ2) is 2.96. The Hall–Kier alpha value is -0.960. The summed E-state index contributed by atoms with van der Waals surface area (Å²) < 4.78 is 0. The van der Waals surface area contributed by atoms with Crippen LogP contribution in [0.25, 0.3) is 0 Å². The lowest BCUT2D eigenvalue weighted by Gasteiger charge is -1.97. The van der Waals surface area contributed by atoms with Gasteiger partial charge >= 0.3 is 0 Å². The number of rotatable bonds is 1. The summed E-state index contributed by atoms with van der Waals surface area (Å²) in [6.45, 7) is 3.14. The number of carbonyl (C=O) groups is 1.